The van der Waals surface area contributed by atoms with Crippen LogP contribution in [0, 0.1) is 5.41 Å². The summed E-state index contributed by atoms with van der Waals surface area (Å²) in [6.07, 6.45) is 2.49. The fourth-order valence-corrected chi connectivity index (χ4v) is 2.41. The van der Waals surface area contributed by atoms with Gasteiger partial charge in [0, 0.05) is 39.3 Å². The van der Waals surface area contributed by atoms with Gasteiger partial charge in [0.1, 0.15) is 0 Å². The Labute approximate surface area is 108 Å². The van der Waals surface area contributed by atoms with Crippen LogP contribution in [0.3, 0.4) is 0 Å². The van der Waals surface area contributed by atoms with E-state index in [0.717, 1.165) is 13.1 Å². The van der Waals surface area contributed by atoms with Gasteiger partial charge in [0.2, 0.25) is 0 Å². The van der Waals surface area contributed by atoms with Gasteiger partial charge in [-0.1, -0.05) is 20.8 Å². The predicted molar refractivity (Wildman–Crippen MR) is 75.5 cm³/mol. The smallest absolute Gasteiger partial charge is 0.0110 e. The number of nitrogens with zero attached hydrogens (tertiary/aromatic N) is 2. The average Bonchev–Trinajstić information content (AvgIpc) is 2.33. The van der Waals surface area contributed by atoms with Gasteiger partial charge in [-0.2, -0.15) is 0 Å². The zero-order valence-electron chi connectivity index (χ0n) is 12.3. The minimum absolute atomic E-state index is 0.436. The van der Waals surface area contributed by atoms with Crippen molar-refractivity contribution in [2.45, 2.75) is 33.6 Å². The van der Waals surface area contributed by atoms with E-state index in [1.807, 2.05) is 0 Å². The largest absolute Gasteiger partial charge is 0.316 e. The highest BCUT2D eigenvalue weighted by atomic mass is 15.2. The Morgan fingerprint density at radius 1 is 1.12 bits per heavy atom. The Kier molecular flexibility index (Phi) is 6.45. The Morgan fingerprint density at radius 2 is 1.76 bits per heavy atom. The van der Waals surface area contributed by atoms with Crippen LogP contribution in [-0.2, 0) is 0 Å². The molecule has 1 atom stereocenters. The van der Waals surface area contributed by atoms with E-state index in [1.165, 1.54) is 45.6 Å². The third-order valence-corrected chi connectivity index (χ3v) is 4.03. The molecule has 1 heterocycles. The molecule has 1 aliphatic heterocycles. The molecule has 1 rings (SSSR count). The van der Waals surface area contributed by atoms with E-state index in [2.05, 4.69) is 42.9 Å². The molecule has 0 aromatic rings. The van der Waals surface area contributed by atoms with Gasteiger partial charge in [-0.25, -0.2) is 0 Å². The Bertz CT molecular complexity index is 200. The van der Waals surface area contributed by atoms with Gasteiger partial charge in [-0.15, -0.1) is 0 Å². The Morgan fingerprint density at radius 3 is 2.29 bits per heavy atom. The van der Waals surface area contributed by atoms with Crippen LogP contribution in [-0.4, -0.2) is 62.7 Å². The van der Waals surface area contributed by atoms with Gasteiger partial charge in [0.25, 0.3) is 0 Å². The zero-order valence-corrected chi connectivity index (χ0v) is 12.3. The highest BCUT2D eigenvalue weighted by Gasteiger charge is 2.26. The molecule has 0 saturated carbocycles. The standard InChI is InChI=1S/C14H31N3/c1-5-7-15-12-14(3,6-2)13-17-10-8-16(4)9-11-17/h15H,5-13H2,1-4H3. The lowest BCUT2D eigenvalue weighted by Gasteiger charge is -2.39. The first-order chi connectivity index (χ1) is 8.09. The normalized spacial score (nSPS) is 22.6. The lowest BCUT2D eigenvalue weighted by Crippen LogP contribution is -2.50. The first-order valence-corrected chi connectivity index (χ1v) is 7.21. The summed E-state index contributed by atoms with van der Waals surface area (Å²) in [6.45, 7) is 15.5. The highest BCUT2D eigenvalue weighted by Crippen LogP contribution is 2.22. The molecule has 0 spiro atoms. The highest BCUT2D eigenvalue weighted by molar-refractivity contribution is 4.82. The number of piperazine rings is 1. The fraction of sp³-hybridized carbons (Fsp3) is 1.00. The lowest BCUT2D eigenvalue weighted by molar-refractivity contribution is 0.100. The van der Waals surface area contributed by atoms with Crippen LogP contribution in [0.5, 0.6) is 0 Å². The van der Waals surface area contributed by atoms with Gasteiger partial charge < -0.3 is 15.1 Å². The van der Waals surface area contributed by atoms with Gasteiger partial charge >= 0.3 is 0 Å². The van der Waals surface area contributed by atoms with E-state index in [4.69, 9.17) is 0 Å². The summed E-state index contributed by atoms with van der Waals surface area (Å²) in [6, 6.07) is 0. The Balaban J connectivity index is 2.33. The molecule has 1 unspecified atom stereocenters. The predicted octanol–water partition coefficient (Wildman–Crippen LogP) is 1.65. The topological polar surface area (TPSA) is 18.5 Å². The van der Waals surface area contributed by atoms with Crippen LogP contribution >= 0.6 is 0 Å². The monoisotopic (exact) mass is 241 g/mol. The number of rotatable bonds is 7. The molecule has 1 fully saturated rings. The van der Waals surface area contributed by atoms with E-state index < -0.39 is 0 Å². The molecule has 1 N–H and O–H groups in total. The summed E-state index contributed by atoms with van der Waals surface area (Å²) in [5.74, 6) is 0. The number of hydrogen-bond donors (Lipinski definition) is 1. The molecule has 0 bridgehead atoms. The van der Waals surface area contributed by atoms with Gasteiger partial charge in [-0.05, 0) is 31.8 Å². The first-order valence-electron chi connectivity index (χ1n) is 7.21. The van der Waals surface area contributed by atoms with Crippen molar-refractivity contribution in [2.24, 2.45) is 5.41 Å². The summed E-state index contributed by atoms with van der Waals surface area (Å²) in [4.78, 5) is 5.06. The molecule has 17 heavy (non-hydrogen) atoms. The van der Waals surface area contributed by atoms with Crippen LogP contribution < -0.4 is 5.32 Å². The SMILES string of the molecule is CCCNCC(C)(CC)CN1CCN(C)CC1. The van der Waals surface area contributed by atoms with Crippen molar-refractivity contribution in [3.63, 3.8) is 0 Å². The summed E-state index contributed by atoms with van der Waals surface area (Å²) >= 11 is 0. The third-order valence-electron chi connectivity index (χ3n) is 4.03. The minimum Gasteiger partial charge on any atom is -0.316 e. The van der Waals surface area contributed by atoms with Crippen LogP contribution in [0.4, 0.5) is 0 Å². The molecule has 3 heteroatoms. The van der Waals surface area contributed by atoms with Crippen LogP contribution in [0.1, 0.15) is 33.6 Å². The molecule has 0 aromatic heterocycles. The van der Waals surface area contributed by atoms with Crippen molar-refractivity contribution in [1.29, 1.82) is 0 Å². The summed E-state index contributed by atoms with van der Waals surface area (Å²) in [5, 5.41) is 3.59. The van der Waals surface area contributed by atoms with E-state index in [0.29, 0.717) is 5.41 Å². The van der Waals surface area contributed by atoms with Crippen molar-refractivity contribution < 1.29 is 0 Å². The van der Waals surface area contributed by atoms with Crippen molar-refractivity contribution >= 4 is 0 Å². The molecule has 0 amide bonds. The van der Waals surface area contributed by atoms with Crippen LogP contribution in [0.15, 0.2) is 0 Å². The van der Waals surface area contributed by atoms with Crippen LogP contribution in [0.25, 0.3) is 0 Å². The number of nitrogens with one attached hydrogen (secondary N) is 1. The Hall–Kier alpha value is -0.120. The van der Waals surface area contributed by atoms with Gasteiger partial charge in [0.15, 0.2) is 0 Å². The second-order valence-corrected chi connectivity index (χ2v) is 5.92. The third kappa shape index (κ3) is 5.36. The average molecular weight is 241 g/mol. The summed E-state index contributed by atoms with van der Waals surface area (Å²) in [7, 11) is 2.22. The number of likely N-dealkylation sites (N-methyl/N-ethyl adjacent to an activating group) is 1. The maximum Gasteiger partial charge on any atom is 0.0110 e. The molecule has 0 aromatic carbocycles. The summed E-state index contributed by atoms with van der Waals surface area (Å²) in [5.41, 5.74) is 0.436. The summed E-state index contributed by atoms with van der Waals surface area (Å²) < 4.78 is 0. The molecular weight excluding hydrogens is 210 g/mol. The lowest BCUT2D eigenvalue weighted by atomic mass is 9.86. The van der Waals surface area contributed by atoms with Crippen molar-refractivity contribution in [3.05, 3.63) is 0 Å². The van der Waals surface area contributed by atoms with E-state index in [1.54, 1.807) is 0 Å². The molecule has 102 valence electrons. The minimum atomic E-state index is 0.436. The van der Waals surface area contributed by atoms with E-state index >= 15 is 0 Å². The molecule has 3 nitrogen and oxygen atoms in total. The molecule has 1 saturated heterocycles. The van der Waals surface area contributed by atoms with Gasteiger partial charge in [-0.3, -0.25) is 0 Å². The second-order valence-electron chi connectivity index (χ2n) is 5.92. The van der Waals surface area contributed by atoms with E-state index in [9.17, 15) is 0 Å². The molecule has 1 aliphatic rings. The van der Waals surface area contributed by atoms with Crippen LogP contribution in [0.2, 0.25) is 0 Å². The second kappa shape index (κ2) is 7.34. The van der Waals surface area contributed by atoms with Crippen molar-refractivity contribution in [3.8, 4) is 0 Å². The molecule has 0 aliphatic carbocycles. The zero-order chi connectivity index (χ0) is 12.7. The first kappa shape index (κ1) is 14.9. The quantitative estimate of drug-likeness (QED) is 0.684. The number of hydrogen-bond acceptors (Lipinski definition) is 3. The fourth-order valence-electron chi connectivity index (χ4n) is 2.41. The molecule has 0 radical (unpaired) electrons. The van der Waals surface area contributed by atoms with E-state index in [-0.39, 0.29) is 0 Å². The van der Waals surface area contributed by atoms with Crippen molar-refractivity contribution in [2.75, 3.05) is 52.9 Å². The van der Waals surface area contributed by atoms with Crippen molar-refractivity contribution in [1.82, 2.24) is 15.1 Å². The molecular formula is C14H31N3. The maximum atomic E-state index is 3.59. The van der Waals surface area contributed by atoms with Gasteiger partial charge in [0.05, 0.1) is 0 Å². The maximum absolute atomic E-state index is 3.59.